The summed E-state index contributed by atoms with van der Waals surface area (Å²) in [6, 6.07) is 19.3. The van der Waals surface area contributed by atoms with Crippen molar-refractivity contribution in [1.29, 1.82) is 0 Å². The zero-order valence-electron chi connectivity index (χ0n) is 15.8. The van der Waals surface area contributed by atoms with Gasteiger partial charge in [-0.2, -0.15) is 0 Å². The minimum absolute atomic E-state index is 0.155. The van der Waals surface area contributed by atoms with Crippen molar-refractivity contribution in [2.45, 2.75) is 18.6 Å². The molecule has 0 bridgehead atoms. The van der Waals surface area contributed by atoms with Crippen LogP contribution in [0, 0.1) is 5.82 Å². The number of aromatic hydroxyl groups is 1. The minimum atomic E-state index is -0.357. The molecular formula is C23H20BrFN2O2. The van der Waals surface area contributed by atoms with E-state index in [0.29, 0.717) is 6.42 Å². The summed E-state index contributed by atoms with van der Waals surface area (Å²) in [4.78, 5) is 4.88. The molecule has 0 radical (unpaired) electrons. The molecule has 3 aromatic carbocycles. The van der Waals surface area contributed by atoms with Gasteiger partial charge in [-0.25, -0.2) is 4.39 Å². The lowest BCUT2D eigenvalue weighted by atomic mass is 9.93. The number of benzene rings is 3. The summed E-state index contributed by atoms with van der Waals surface area (Å²) in [5.74, 6) is 0.712. The minimum Gasteiger partial charge on any atom is -0.508 e. The van der Waals surface area contributed by atoms with Crippen molar-refractivity contribution >= 4 is 21.6 Å². The highest BCUT2D eigenvalue weighted by Gasteiger charge is 2.27. The molecule has 0 saturated heterocycles. The van der Waals surface area contributed by atoms with Crippen LogP contribution in [0.5, 0.6) is 11.5 Å². The zero-order chi connectivity index (χ0) is 20.4. The molecule has 0 amide bonds. The van der Waals surface area contributed by atoms with Gasteiger partial charge in [0, 0.05) is 28.2 Å². The average molecular weight is 455 g/mol. The van der Waals surface area contributed by atoms with E-state index in [-0.39, 0.29) is 23.8 Å². The fourth-order valence-corrected chi connectivity index (χ4v) is 3.86. The van der Waals surface area contributed by atoms with Crippen LogP contribution < -0.4 is 10.1 Å². The van der Waals surface area contributed by atoms with Gasteiger partial charge in [-0.3, -0.25) is 10.3 Å². The SMILES string of the molecule is COc1ccc(C2=N[C@H](c3ccc(F)cc3)N[C@@H](c3cc(Br)ccc3O)C2)cc1. The van der Waals surface area contributed by atoms with Crippen molar-refractivity contribution in [1.82, 2.24) is 5.32 Å². The molecule has 4 nitrogen and oxygen atoms in total. The van der Waals surface area contributed by atoms with E-state index in [9.17, 15) is 9.50 Å². The molecule has 0 unspecified atom stereocenters. The molecule has 0 aliphatic carbocycles. The molecule has 148 valence electrons. The van der Waals surface area contributed by atoms with Crippen molar-refractivity contribution in [2.75, 3.05) is 7.11 Å². The first kappa shape index (κ1) is 19.6. The standard InChI is InChI=1S/C23H20BrFN2O2/c1-29-18-9-4-14(5-10-18)20-13-21(19-12-16(24)6-11-22(19)28)27-23(26-20)15-2-7-17(25)8-3-15/h2-12,21,23,27-28H,13H2,1H3/t21-,23+/m1/s1. The predicted octanol–water partition coefficient (Wildman–Crippen LogP) is 5.52. The summed E-state index contributed by atoms with van der Waals surface area (Å²) in [5.41, 5.74) is 3.54. The molecule has 1 aliphatic rings. The highest BCUT2D eigenvalue weighted by Crippen LogP contribution is 2.36. The third kappa shape index (κ3) is 4.33. The monoisotopic (exact) mass is 454 g/mol. The van der Waals surface area contributed by atoms with Gasteiger partial charge in [0.25, 0.3) is 0 Å². The lowest BCUT2D eigenvalue weighted by Crippen LogP contribution is -2.33. The number of nitrogens with zero attached hydrogens (tertiary/aromatic N) is 1. The molecule has 2 atom stereocenters. The fraction of sp³-hybridized carbons (Fsp3) is 0.174. The van der Waals surface area contributed by atoms with Crippen LogP contribution in [0.3, 0.4) is 0 Å². The van der Waals surface area contributed by atoms with Crippen molar-refractivity contribution in [3.05, 3.63) is 93.7 Å². The summed E-state index contributed by atoms with van der Waals surface area (Å²) in [6.07, 6.45) is 0.249. The number of aliphatic imine (C=N–C) groups is 1. The Bertz CT molecular complexity index is 1040. The Morgan fingerprint density at radius 2 is 1.79 bits per heavy atom. The zero-order valence-corrected chi connectivity index (χ0v) is 17.4. The molecule has 0 fully saturated rings. The first-order valence-electron chi connectivity index (χ1n) is 9.24. The second kappa shape index (κ2) is 8.35. The van der Waals surface area contributed by atoms with Crippen LogP contribution in [0.25, 0.3) is 0 Å². The van der Waals surface area contributed by atoms with Crippen molar-refractivity contribution in [3.8, 4) is 11.5 Å². The highest BCUT2D eigenvalue weighted by atomic mass is 79.9. The van der Waals surface area contributed by atoms with Crippen LogP contribution in [0.4, 0.5) is 4.39 Å². The molecule has 4 rings (SSSR count). The van der Waals surface area contributed by atoms with Gasteiger partial charge in [0.1, 0.15) is 23.5 Å². The fourth-order valence-electron chi connectivity index (χ4n) is 3.48. The van der Waals surface area contributed by atoms with Crippen LogP contribution in [-0.4, -0.2) is 17.9 Å². The maximum Gasteiger partial charge on any atom is 0.126 e. The van der Waals surface area contributed by atoms with Crippen LogP contribution in [0.15, 0.2) is 76.2 Å². The Morgan fingerprint density at radius 3 is 2.48 bits per heavy atom. The molecule has 0 spiro atoms. The Labute approximate surface area is 177 Å². The molecule has 29 heavy (non-hydrogen) atoms. The number of ether oxygens (including phenoxy) is 1. The van der Waals surface area contributed by atoms with E-state index in [1.54, 1.807) is 31.4 Å². The van der Waals surface area contributed by atoms with Gasteiger partial charge in [0.05, 0.1) is 7.11 Å². The molecule has 2 N–H and O–H groups in total. The molecule has 1 aliphatic heterocycles. The maximum absolute atomic E-state index is 13.4. The van der Waals surface area contributed by atoms with Gasteiger partial charge in [-0.1, -0.05) is 28.1 Å². The lowest BCUT2D eigenvalue weighted by molar-refractivity contribution is 0.412. The molecule has 3 aromatic rings. The first-order valence-corrected chi connectivity index (χ1v) is 10.0. The average Bonchev–Trinajstić information content (AvgIpc) is 2.75. The van der Waals surface area contributed by atoms with Crippen LogP contribution >= 0.6 is 15.9 Å². The van der Waals surface area contributed by atoms with Gasteiger partial charge in [0.2, 0.25) is 0 Å². The molecule has 0 aromatic heterocycles. The van der Waals surface area contributed by atoms with Crippen molar-refractivity contribution < 1.29 is 14.2 Å². The van der Waals surface area contributed by atoms with Gasteiger partial charge in [0.15, 0.2) is 0 Å². The van der Waals surface area contributed by atoms with Gasteiger partial charge < -0.3 is 9.84 Å². The number of hydrogen-bond acceptors (Lipinski definition) is 4. The second-order valence-corrected chi connectivity index (χ2v) is 7.80. The topological polar surface area (TPSA) is 53.8 Å². The number of rotatable bonds is 4. The number of hydrogen-bond donors (Lipinski definition) is 2. The quantitative estimate of drug-likeness (QED) is 0.545. The molecular weight excluding hydrogens is 435 g/mol. The van der Waals surface area contributed by atoms with Crippen LogP contribution in [0.1, 0.15) is 35.3 Å². The van der Waals surface area contributed by atoms with Crippen molar-refractivity contribution in [3.63, 3.8) is 0 Å². The highest BCUT2D eigenvalue weighted by molar-refractivity contribution is 9.10. The third-order valence-electron chi connectivity index (χ3n) is 5.02. The first-order chi connectivity index (χ1) is 14.0. The lowest BCUT2D eigenvalue weighted by Gasteiger charge is -2.31. The number of halogens is 2. The Balaban J connectivity index is 1.75. The summed E-state index contributed by atoms with van der Waals surface area (Å²) < 4.78 is 19.5. The normalized spacial score (nSPS) is 18.9. The van der Waals surface area contributed by atoms with Gasteiger partial charge >= 0.3 is 0 Å². The van der Waals surface area contributed by atoms with Gasteiger partial charge in [-0.05, 0) is 65.7 Å². The number of phenols is 1. The number of nitrogens with one attached hydrogen (secondary N) is 1. The number of methoxy groups -OCH3 is 1. The van der Waals surface area contributed by atoms with E-state index in [0.717, 1.165) is 32.6 Å². The molecule has 6 heteroatoms. The Hall–Kier alpha value is -2.70. The van der Waals surface area contributed by atoms with E-state index >= 15 is 0 Å². The molecule has 0 saturated carbocycles. The van der Waals surface area contributed by atoms with E-state index < -0.39 is 0 Å². The smallest absolute Gasteiger partial charge is 0.126 e. The summed E-state index contributed by atoms with van der Waals surface area (Å²) in [6.45, 7) is 0. The largest absolute Gasteiger partial charge is 0.508 e. The van der Waals surface area contributed by atoms with E-state index in [1.807, 2.05) is 30.3 Å². The predicted molar refractivity (Wildman–Crippen MR) is 115 cm³/mol. The van der Waals surface area contributed by atoms with Crippen molar-refractivity contribution in [2.24, 2.45) is 4.99 Å². The maximum atomic E-state index is 13.4. The number of phenolic OH excluding ortho intramolecular Hbond substituents is 1. The Kier molecular flexibility index (Phi) is 5.65. The Morgan fingerprint density at radius 1 is 1.07 bits per heavy atom. The summed E-state index contributed by atoms with van der Waals surface area (Å²) >= 11 is 3.48. The molecule has 1 heterocycles. The summed E-state index contributed by atoms with van der Waals surface area (Å²) in [7, 11) is 1.63. The van der Waals surface area contributed by atoms with Crippen LogP contribution in [0.2, 0.25) is 0 Å². The second-order valence-electron chi connectivity index (χ2n) is 6.88. The van der Waals surface area contributed by atoms with Gasteiger partial charge in [-0.15, -0.1) is 0 Å². The van der Waals surface area contributed by atoms with Crippen LogP contribution in [-0.2, 0) is 0 Å². The summed E-state index contributed by atoms with van der Waals surface area (Å²) in [5, 5.41) is 13.9. The van der Waals surface area contributed by atoms with E-state index in [1.165, 1.54) is 12.1 Å². The third-order valence-corrected chi connectivity index (χ3v) is 5.51. The van der Waals surface area contributed by atoms with E-state index in [2.05, 4.69) is 21.2 Å². The van der Waals surface area contributed by atoms with E-state index in [4.69, 9.17) is 9.73 Å².